The maximum absolute atomic E-state index is 13.0. The van der Waals surface area contributed by atoms with E-state index in [1.165, 1.54) is 19.3 Å². The molecule has 6 heteroatoms. The summed E-state index contributed by atoms with van der Waals surface area (Å²) in [5, 5.41) is 12.1. The number of ketones is 1. The number of nitrogens with two attached hydrogens (primary N) is 2. The van der Waals surface area contributed by atoms with Crippen molar-refractivity contribution < 1.29 is 14.7 Å². The van der Waals surface area contributed by atoms with Crippen molar-refractivity contribution in [2.75, 3.05) is 0 Å². The van der Waals surface area contributed by atoms with E-state index < -0.39 is 23.8 Å². The molecule has 0 radical (unpaired) electrons. The van der Waals surface area contributed by atoms with E-state index in [1.54, 1.807) is 24.3 Å². The molecule has 5 N–H and O–H groups in total. The summed E-state index contributed by atoms with van der Waals surface area (Å²) in [6, 6.07) is 9.89. The van der Waals surface area contributed by atoms with E-state index in [0.29, 0.717) is 11.3 Å². The molecular weight excluding hydrogens is 376 g/mol. The first-order chi connectivity index (χ1) is 12.9. The first-order valence-corrected chi connectivity index (χ1v) is 9.71. The number of rotatable bonds is 6. The van der Waals surface area contributed by atoms with Crippen LogP contribution in [-0.2, 0) is 0 Å². The molecule has 0 aliphatic heterocycles. The van der Waals surface area contributed by atoms with Gasteiger partial charge in [-0.1, -0.05) is 69.4 Å². The maximum atomic E-state index is 13.0. The fourth-order valence-corrected chi connectivity index (χ4v) is 4.34. The standard InChI is InChI=1S/C22H28N2O3.ClH/c1-13(14-7-3-2-4-8-14)19(23)21(26)20(25)17-12-11-15-9-5-6-10-16(15)18(17)22(24)27;/h5-6,9-14,19,21,26H,2-4,7-8,23H2,1H3,(H2,24,27);1H/t13?,19-,21+;/m1./s1. The maximum Gasteiger partial charge on any atom is 0.250 e. The van der Waals surface area contributed by atoms with Gasteiger partial charge in [0.1, 0.15) is 6.10 Å². The van der Waals surface area contributed by atoms with Crippen molar-refractivity contribution in [2.24, 2.45) is 23.3 Å². The summed E-state index contributed by atoms with van der Waals surface area (Å²) in [5.74, 6) is -0.772. The Morgan fingerprint density at radius 2 is 1.71 bits per heavy atom. The summed E-state index contributed by atoms with van der Waals surface area (Å²) in [4.78, 5) is 25.1. The van der Waals surface area contributed by atoms with Crippen LogP contribution in [0.4, 0.5) is 0 Å². The number of fused-ring (bicyclic) bond motifs is 1. The van der Waals surface area contributed by atoms with Crippen LogP contribution in [0.1, 0.15) is 59.7 Å². The van der Waals surface area contributed by atoms with Crippen LogP contribution in [0.25, 0.3) is 10.8 Å². The summed E-state index contributed by atoms with van der Waals surface area (Å²) in [6.07, 6.45) is 4.38. The molecule has 1 fully saturated rings. The van der Waals surface area contributed by atoms with Crippen LogP contribution in [0.15, 0.2) is 36.4 Å². The molecule has 0 saturated heterocycles. The van der Waals surface area contributed by atoms with Gasteiger partial charge in [-0.2, -0.15) is 0 Å². The SMILES string of the molecule is CC(C1CCCCC1)[C@@H](N)[C@H](O)C(=O)c1ccc2ccccc2c1C(N)=O.Cl. The molecule has 0 heterocycles. The molecular formula is C22H29ClN2O3. The Bertz CT molecular complexity index is 849. The van der Waals surface area contributed by atoms with Crippen molar-refractivity contribution in [3.05, 3.63) is 47.5 Å². The molecule has 1 aliphatic rings. The highest BCUT2D eigenvalue weighted by Crippen LogP contribution is 2.32. The summed E-state index contributed by atoms with van der Waals surface area (Å²) in [6.45, 7) is 2.01. The Morgan fingerprint density at radius 3 is 2.36 bits per heavy atom. The second-order valence-electron chi connectivity index (χ2n) is 7.72. The Balaban J connectivity index is 0.00000280. The number of Topliss-reactive ketones (excluding diaryl/α,β-unsaturated/α-hetero) is 1. The van der Waals surface area contributed by atoms with Crippen LogP contribution >= 0.6 is 12.4 Å². The molecule has 2 aromatic carbocycles. The van der Waals surface area contributed by atoms with Gasteiger partial charge in [0.2, 0.25) is 5.91 Å². The van der Waals surface area contributed by atoms with E-state index >= 15 is 0 Å². The molecule has 28 heavy (non-hydrogen) atoms. The number of carbonyl (C=O) groups excluding carboxylic acids is 2. The number of hydrogen-bond acceptors (Lipinski definition) is 4. The largest absolute Gasteiger partial charge is 0.383 e. The topological polar surface area (TPSA) is 106 Å². The van der Waals surface area contributed by atoms with E-state index in [0.717, 1.165) is 18.2 Å². The zero-order valence-corrected chi connectivity index (χ0v) is 17.0. The lowest BCUT2D eigenvalue weighted by molar-refractivity contribution is 0.0580. The van der Waals surface area contributed by atoms with E-state index in [2.05, 4.69) is 0 Å². The number of hydrogen-bond donors (Lipinski definition) is 3. The van der Waals surface area contributed by atoms with Crippen molar-refractivity contribution in [3.8, 4) is 0 Å². The lowest BCUT2D eigenvalue weighted by Gasteiger charge is -2.33. The first-order valence-electron chi connectivity index (χ1n) is 9.71. The number of aliphatic hydroxyl groups excluding tert-OH is 1. The molecule has 5 nitrogen and oxygen atoms in total. The predicted molar refractivity (Wildman–Crippen MR) is 114 cm³/mol. The number of carbonyl (C=O) groups is 2. The Kier molecular flexibility index (Phi) is 7.58. The van der Waals surface area contributed by atoms with Gasteiger partial charge in [-0.05, 0) is 28.7 Å². The third kappa shape index (κ3) is 4.37. The summed E-state index contributed by atoms with van der Waals surface area (Å²) in [5.41, 5.74) is 12.1. The van der Waals surface area contributed by atoms with Crippen LogP contribution in [0.2, 0.25) is 0 Å². The minimum Gasteiger partial charge on any atom is -0.383 e. The molecule has 0 spiro atoms. The van der Waals surface area contributed by atoms with Gasteiger partial charge in [-0.25, -0.2) is 0 Å². The lowest BCUT2D eigenvalue weighted by Crippen LogP contribution is -2.47. The van der Waals surface area contributed by atoms with Gasteiger partial charge in [0.05, 0.1) is 5.56 Å². The molecule has 152 valence electrons. The Hall–Kier alpha value is -1.95. The predicted octanol–water partition coefficient (Wildman–Crippen LogP) is 3.45. The molecule has 1 saturated carbocycles. The van der Waals surface area contributed by atoms with E-state index in [-0.39, 0.29) is 29.5 Å². The van der Waals surface area contributed by atoms with Gasteiger partial charge in [0.25, 0.3) is 0 Å². The van der Waals surface area contributed by atoms with E-state index in [9.17, 15) is 14.7 Å². The van der Waals surface area contributed by atoms with Crippen molar-refractivity contribution in [1.29, 1.82) is 0 Å². The van der Waals surface area contributed by atoms with E-state index in [4.69, 9.17) is 11.5 Å². The van der Waals surface area contributed by atoms with Crippen LogP contribution < -0.4 is 11.5 Å². The van der Waals surface area contributed by atoms with Crippen LogP contribution in [0.3, 0.4) is 0 Å². The third-order valence-corrected chi connectivity index (χ3v) is 6.07. The van der Waals surface area contributed by atoms with Gasteiger partial charge >= 0.3 is 0 Å². The van der Waals surface area contributed by atoms with Crippen LogP contribution in [0, 0.1) is 11.8 Å². The van der Waals surface area contributed by atoms with Crippen molar-refractivity contribution in [2.45, 2.75) is 51.2 Å². The van der Waals surface area contributed by atoms with Crippen molar-refractivity contribution >= 4 is 34.9 Å². The van der Waals surface area contributed by atoms with Gasteiger partial charge < -0.3 is 16.6 Å². The van der Waals surface area contributed by atoms with Gasteiger partial charge in [-0.3, -0.25) is 9.59 Å². The second-order valence-corrected chi connectivity index (χ2v) is 7.72. The monoisotopic (exact) mass is 404 g/mol. The summed E-state index contributed by atoms with van der Waals surface area (Å²) in [7, 11) is 0. The van der Waals surface area contributed by atoms with Crippen LogP contribution in [0.5, 0.6) is 0 Å². The minimum atomic E-state index is -1.36. The lowest BCUT2D eigenvalue weighted by atomic mass is 9.75. The Morgan fingerprint density at radius 1 is 1.07 bits per heavy atom. The third-order valence-electron chi connectivity index (χ3n) is 6.07. The second kappa shape index (κ2) is 9.50. The average molecular weight is 405 g/mol. The molecule has 1 amide bonds. The number of benzene rings is 2. The quantitative estimate of drug-likeness (QED) is 0.641. The zero-order valence-electron chi connectivity index (χ0n) is 16.1. The normalized spacial score (nSPS) is 18.1. The molecule has 3 atom stereocenters. The highest BCUT2D eigenvalue weighted by molar-refractivity contribution is 6.16. The summed E-state index contributed by atoms with van der Waals surface area (Å²) < 4.78 is 0. The molecule has 1 unspecified atom stereocenters. The van der Waals surface area contributed by atoms with E-state index in [1.807, 2.05) is 19.1 Å². The van der Waals surface area contributed by atoms with Crippen molar-refractivity contribution in [1.82, 2.24) is 0 Å². The van der Waals surface area contributed by atoms with Gasteiger partial charge in [-0.15, -0.1) is 12.4 Å². The molecule has 0 bridgehead atoms. The average Bonchev–Trinajstić information content (AvgIpc) is 2.71. The van der Waals surface area contributed by atoms with Crippen LogP contribution in [-0.4, -0.2) is 28.9 Å². The smallest absolute Gasteiger partial charge is 0.250 e. The fraction of sp³-hybridized carbons (Fsp3) is 0.455. The highest BCUT2D eigenvalue weighted by atomic mass is 35.5. The number of primary amides is 1. The minimum absolute atomic E-state index is 0. The molecule has 1 aliphatic carbocycles. The van der Waals surface area contributed by atoms with Gasteiger partial charge in [0.15, 0.2) is 5.78 Å². The zero-order chi connectivity index (χ0) is 19.6. The number of halogens is 1. The number of aliphatic hydroxyl groups is 1. The molecule has 2 aromatic rings. The molecule has 3 rings (SSSR count). The van der Waals surface area contributed by atoms with Gasteiger partial charge in [0, 0.05) is 11.6 Å². The molecule has 0 aromatic heterocycles. The first kappa shape index (κ1) is 22.3. The Labute approximate surface area is 171 Å². The highest BCUT2D eigenvalue weighted by Gasteiger charge is 2.34. The number of amides is 1. The van der Waals surface area contributed by atoms with Crippen molar-refractivity contribution in [3.63, 3.8) is 0 Å². The summed E-state index contributed by atoms with van der Waals surface area (Å²) >= 11 is 0. The fourth-order valence-electron chi connectivity index (χ4n) is 4.34.